The Balaban J connectivity index is 1.92. The Morgan fingerprint density at radius 1 is 1.00 bits per heavy atom. The molecule has 29 heavy (non-hydrogen) atoms. The van der Waals surface area contributed by atoms with Gasteiger partial charge in [-0.2, -0.15) is 10.2 Å². The summed E-state index contributed by atoms with van der Waals surface area (Å²) >= 11 is 0. The highest BCUT2D eigenvalue weighted by Crippen LogP contribution is 2.16. The first kappa shape index (κ1) is 20.5. The lowest BCUT2D eigenvalue weighted by molar-refractivity contribution is 0.0949. The number of hydrogen-bond donors (Lipinski definition) is 1. The molecule has 6 nitrogen and oxygen atoms in total. The van der Waals surface area contributed by atoms with Crippen molar-refractivity contribution in [3.8, 4) is 0 Å². The monoisotopic (exact) mass is 390 g/mol. The zero-order chi connectivity index (χ0) is 21.1. The van der Waals surface area contributed by atoms with Crippen molar-refractivity contribution in [1.82, 2.24) is 15.2 Å². The number of carbonyl (C=O) groups is 1. The number of rotatable bonds is 5. The van der Waals surface area contributed by atoms with Crippen LogP contribution < -0.4 is 11.0 Å². The summed E-state index contributed by atoms with van der Waals surface area (Å²) in [6.07, 6.45) is 0. The van der Waals surface area contributed by atoms with Gasteiger partial charge in [0.15, 0.2) is 5.69 Å². The molecule has 0 aliphatic heterocycles. The van der Waals surface area contributed by atoms with Crippen molar-refractivity contribution < 1.29 is 4.79 Å². The third kappa shape index (κ3) is 4.26. The summed E-state index contributed by atoms with van der Waals surface area (Å²) in [4.78, 5) is 25.4. The summed E-state index contributed by atoms with van der Waals surface area (Å²) in [6.45, 7) is 9.83. The summed E-state index contributed by atoms with van der Waals surface area (Å²) in [5.74, 6) is 0.00532. The first-order valence-corrected chi connectivity index (χ1v) is 9.76. The van der Waals surface area contributed by atoms with Gasteiger partial charge in [-0.05, 0) is 43.9 Å². The standard InChI is InChI=1S/C23H26N4O2/c1-14(2)17-10-12-18(13-11-17)16(5)24-25-22(28)21-19-8-6-7-9-20(19)23(29)27(26-21)15(3)4/h6-15H,1-5H3,(H,25,28)/b24-16-. The van der Waals surface area contributed by atoms with Gasteiger partial charge in [0.05, 0.1) is 17.1 Å². The third-order valence-electron chi connectivity index (χ3n) is 4.85. The van der Waals surface area contributed by atoms with Crippen molar-refractivity contribution in [1.29, 1.82) is 0 Å². The Morgan fingerprint density at radius 2 is 1.62 bits per heavy atom. The maximum atomic E-state index is 12.8. The normalized spacial score (nSPS) is 12.0. The van der Waals surface area contributed by atoms with E-state index in [1.807, 2.05) is 32.9 Å². The molecule has 0 bridgehead atoms. The molecule has 1 N–H and O–H groups in total. The van der Waals surface area contributed by atoms with Crippen molar-refractivity contribution in [2.45, 2.75) is 46.6 Å². The molecule has 0 saturated heterocycles. The number of nitrogens with zero attached hydrogens (tertiary/aromatic N) is 3. The van der Waals surface area contributed by atoms with Crippen LogP contribution in [0.3, 0.4) is 0 Å². The number of nitrogens with one attached hydrogen (secondary N) is 1. The lowest BCUT2D eigenvalue weighted by atomic mass is 10.0. The second-order valence-corrected chi connectivity index (χ2v) is 7.65. The van der Waals surface area contributed by atoms with Crippen LogP contribution in [0.15, 0.2) is 58.4 Å². The first-order valence-electron chi connectivity index (χ1n) is 9.76. The van der Waals surface area contributed by atoms with E-state index in [-0.39, 0.29) is 17.3 Å². The molecule has 0 saturated carbocycles. The van der Waals surface area contributed by atoms with Crippen LogP contribution in [-0.4, -0.2) is 21.4 Å². The van der Waals surface area contributed by atoms with Gasteiger partial charge in [0.25, 0.3) is 11.5 Å². The maximum absolute atomic E-state index is 12.8. The molecule has 0 radical (unpaired) electrons. The highest BCUT2D eigenvalue weighted by Gasteiger charge is 2.17. The van der Waals surface area contributed by atoms with Gasteiger partial charge in [-0.15, -0.1) is 0 Å². The van der Waals surface area contributed by atoms with Gasteiger partial charge < -0.3 is 0 Å². The molecular weight excluding hydrogens is 364 g/mol. The van der Waals surface area contributed by atoms with E-state index in [0.29, 0.717) is 22.4 Å². The molecule has 3 aromatic rings. The summed E-state index contributed by atoms with van der Waals surface area (Å²) in [6, 6.07) is 14.9. The number of fused-ring (bicyclic) bond motifs is 1. The smallest absolute Gasteiger partial charge is 0.267 e. The van der Waals surface area contributed by atoms with Crippen molar-refractivity contribution >= 4 is 22.4 Å². The van der Waals surface area contributed by atoms with E-state index in [1.54, 1.807) is 24.3 Å². The molecule has 150 valence electrons. The van der Waals surface area contributed by atoms with Crippen molar-refractivity contribution in [3.63, 3.8) is 0 Å². The van der Waals surface area contributed by atoms with Crippen LogP contribution >= 0.6 is 0 Å². The molecule has 3 rings (SSSR count). The van der Waals surface area contributed by atoms with Crippen LogP contribution in [0.1, 0.15) is 68.2 Å². The molecule has 1 aromatic heterocycles. The molecule has 0 fully saturated rings. The van der Waals surface area contributed by atoms with E-state index in [0.717, 1.165) is 5.56 Å². The van der Waals surface area contributed by atoms with Crippen molar-refractivity contribution in [2.24, 2.45) is 5.10 Å². The number of hydrogen-bond acceptors (Lipinski definition) is 4. The number of amides is 1. The van der Waals surface area contributed by atoms with Crippen LogP contribution in [0, 0.1) is 0 Å². The molecule has 0 aliphatic rings. The number of carbonyl (C=O) groups excluding carboxylic acids is 1. The van der Waals surface area contributed by atoms with Crippen molar-refractivity contribution in [3.05, 3.63) is 75.7 Å². The Hall–Kier alpha value is -3.28. The highest BCUT2D eigenvalue weighted by atomic mass is 16.2. The highest BCUT2D eigenvalue weighted by molar-refractivity contribution is 6.06. The van der Waals surface area contributed by atoms with Gasteiger partial charge in [0.2, 0.25) is 0 Å². The van der Waals surface area contributed by atoms with Crippen LogP contribution in [-0.2, 0) is 0 Å². The number of benzene rings is 2. The van der Waals surface area contributed by atoms with Crippen LogP contribution in [0.4, 0.5) is 0 Å². The Bertz CT molecular complexity index is 1130. The summed E-state index contributed by atoms with van der Waals surface area (Å²) in [7, 11) is 0. The third-order valence-corrected chi connectivity index (χ3v) is 4.85. The topological polar surface area (TPSA) is 76.3 Å². The first-order chi connectivity index (χ1) is 13.8. The largest absolute Gasteiger partial charge is 0.292 e. The Kier molecular flexibility index (Phi) is 5.92. The summed E-state index contributed by atoms with van der Waals surface area (Å²) < 4.78 is 1.33. The Labute approximate surface area is 170 Å². The van der Waals surface area contributed by atoms with E-state index < -0.39 is 5.91 Å². The van der Waals surface area contributed by atoms with Crippen molar-refractivity contribution in [2.75, 3.05) is 0 Å². The number of hydrazone groups is 1. The van der Waals surface area contributed by atoms with E-state index in [9.17, 15) is 9.59 Å². The Morgan fingerprint density at radius 3 is 2.21 bits per heavy atom. The molecule has 1 heterocycles. The average molecular weight is 390 g/mol. The van der Waals surface area contributed by atoms with Gasteiger partial charge in [0, 0.05) is 5.39 Å². The predicted molar refractivity (Wildman–Crippen MR) is 117 cm³/mol. The second kappa shape index (κ2) is 8.39. The molecule has 0 aliphatic carbocycles. The van der Waals surface area contributed by atoms with E-state index in [1.165, 1.54) is 10.2 Å². The van der Waals surface area contributed by atoms with Gasteiger partial charge >= 0.3 is 0 Å². The quantitative estimate of drug-likeness (QED) is 0.522. The SMILES string of the molecule is C/C(=N/NC(=O)c1nn(C(C)C)c(=O)c2ccccc12)c1ccc(C(C)C)cc1. The van der Waals surface area contributed by atoms with Crippen LogP contribution in [0.5, 0.6) is 0 Å². The lowest BCUT2D eigenvalue weighted by Crippen LogP contribution is -2.30. The maximum Gasteiger partial charge on any atom is 0.292 e. The van der Waals surface area contributed by atoms with Gasteiger partial charge in [0.1, 0.15) is 0 Å². The summed E-state index contributed by atoms with van der Waals surface area (Å²) in [5, 5.41) is 9.52. The van der Waals surface area contributed by atoms with Crippen LogP contribution in [0.2, 0.25) is 0 Å². The molecule has 1 amide bonds. The minimum Gasteiger partial charge on any atom is -0.267 e. The van der Waals surface area contributed by atoms with Gasteiger partial charge in [-0.3, -0.25) is 9.59 Å². The average Bonchev–Trinajstić information content (AvgIpc) is 2.72. The zero-order valence-corrected chi connectivity index (χ0v) is 17.4. The van der Waals surface area contributed by atoms with Gasteiger partial charge in [-0.1, -0.05) is 56.3 Å². The molecular formula is C23H26N4O2. The van der Waals surface area contributed by atoms with Crippen LogP contribution in [0.25, 0.3) is 10.8 Å². The summed E-state index contributed by atoms with van der Waals surface area (Å²) in [5.41, 5.74) is 5.42. The molecule has 0 atom stereocenters. The fourth-order valence-electron chi connectivity index (χ4n) is 3.09. The minimum atomic E-state index is -0.450. The zero-order valence-electron chi connectivity index (χ0n) is 17.4. The molecule has 2 aromatic carbocycles. The van der Waals surface area contributed by atoms with Gasteiger partial charge in [-0.25, -0.2) is 10.1 Å². The molecule has 6 heteroatoms. The predicted octanol–water partition coefficient (Wildman–Crippen LogP) is 4.25. The fourth-order valence-corrected chi connectivity index (χ4v) is 3.09. The number of aromatic nitrogens is 2. The molecule has 0 spiro atoms. The lowest BCUT2D eigenvalue weighted by Gasteiger charge is -2.12. The minimum absolute atomic E-state index is 0.164. The van der Waals surface area contributed by atoms with E-state index in [4.69, 9.17) is 0 Å². The van der Waals surface area contributed by atoms with E-state index >= 15 is 0 Å². The van der Waals surface area contributed by atoms with E-state index in [2.05, 4.69) is 41.6 Å². The second-order valence-electron chi connectivity index (χ2n) is 7.65. The molecule has 0 unspecified atom stereocenters. The fraction of sp³-hybridized carbons (Fsp3) is 0.304.